The van der Waals surface area contributed by atoms with Crippen molar-refractivity contribution in [3.8, 4) is 0 Å². The molecule has 0 spiro atoms. The third kappa shape index (κ3) is 5.72. The summed E-state index contributed by atoms with van der Waals surface area (Å²) in [5.41, 5.74) is 3.27. The third-order valence-electron chi connectivity index (χ3n) is 4.61. The second-order valence-electron chi connectivity index (χ2n) is 6.71. The first-order chi connectivity index (χ1) is 13.8. The lowest BCUT2D eigenvalue weighted by Crippen LogP contribution is -2.21. The molecule has 0 saturated heterocycles. The van der Waals surface area contributed by atoms with E-state index in [0.717, 1.165) is 19.3 Å². The van der Waals surface area contributed by atoms with E-state index in [1.165, 1.54) is 23.3 Å². The maximum atomic E-state index is 12.3. The number of aryl methyl sites for hydroxylation is 2. The summed E-state index contributed by atoms with van der Waals surface area (Å²) in [7, 11) is 0. The van der Waals surface area contributed by atoms with Crippen LogP contribution in [0.25, 0.3) is 0 Å². The number of Topliss-reactive ketones (excluding diaryl/α,β-unsaturated/α-hetero) is 1. The molecule has 1 N–H and O–H groups in total. The van der Waals surface area contributed by atoms with Gasteiger partial charge in [-0.15, -0.1) is 0 Å². The van der Waals surface area contributed by atoms with Crippen molar-refractivity contribution >= 4 is 58.1 Å². The van der Waals surface area contributed by atoms with Crippen LogP contribution in [0.3, 0.4) is 0 Å². The third-order valence-corrected chi connectivity index (χ3v) is 5.43. The van der Waals surface area contributed by atoms with Gasteiger partial charge < -0.3 is 10.1 Å². The summed E-state index contributed by atoms with van der Waals surface area (Å²) in [5.74, 6) is -1.36. The molecule has 5 nitrogen and oxygen atoms in total. The number of carbonyl (C=O) groups excluding carboxylic acids is 3. The second-order valence-corrected chi connectivity index (χ2v) is 7.96. The highest BCUT2D eigenvalue weighted by Crippen LogP contribution is 2.33. The molecule has 0 bridgehead atoms. The normalized spacial score (nSPS) is 12.4. The molecule has 1 amide bonds. The van der Waals surface area contributed by atoms with Crippen LogP contribution in [-0.4, -0.2) is 24.3 Å². The zero-order chi connectivity index (χ0) is 21.0. The fourth-order valence-corrected chi connectivity index (χ4v) is 4.07. The van der Waals surface area contributed by atoms with Crippen LogP contribution in [0.2, 0.25) is 15.1 Å². The van der Waals surface area contributed by atoms with Crippen LogP contribution < -0.4 is 5.32 Å². The summed E-state index contributed by atoms with van der Waals surface area (Å²) in [6, 6.07) is 8.54. The number of benzene rings is 2. The van der Waals surface area contributed by atoms with Crippen LogP contribution >= 0.6 is 34.8 Å². The van der Waals surface area contributed by atoms with Gasteiger partial charge in [0.1, 0.15) is 0 Å². The van der Waals surface area contributed by atoms with Gasteiger partial charge in [0.15, 0.2) is 12.4 Å². The number of anilines is 1. The van der Waals surface area contributed by atoms with E-state index in [1.54, 1.807) is 6.07 Å². The molecule has 2 aromatic rings. The fourth-order valence-electron chi connectivity index (χ4n) is 3.16. The van der Waals surface area contributed by atoms with Gasteiger partial charge in [0.2, 0.25) is 0 Å². The van der Waals surface area contributed by atoms with Crippen LogP contribution in [0, 0.1) is 0 Å². The lowest BCUT2D eigenvalue weighted by atomic mass is 10.0. The molecule has 2 aromatic carbocycles. The highest BCUT2D eigenvalue weighted by Gasteiger charge is 2.17. The molecule has 0 atom stereocenters. The molecule has 0 saturated carbocycles. The lowest BCUT2D eigenvalue weighted by molar-refractivity contribution is -0.147. The van der Waals surface area contributed by atoms with Crippen molar-refractivity contribution in [1.29, 1.82) is 0 Å². The number of esters is 1. The maximum absolute atomic E-state index is 12.3. The highest BCUT2D eigenvalue weighted by molar-refractivity contribution is 6.42. The van der Waals surface area contributed by atoms with E-state index in [-0.39, 0.29) is 34.4 Å². The Morgan fingerprint density at radius 3 is 2.34 bits per heavy atom. The predicted octanol–water partition coefficient (Wildman–Crippen LogP) is 5.28. The number of rotatable bonds is 7. The molecule has 152 valence electrons. The Bertz CT molecular complexity index is 951. The molecule has 0 aromatic heterocycles. The Kier molecular flexibility index (Phi) is 7.17. The van der Waals surface area contributed by atoms with Crippen LogP contribution in [0.5, 0.6) is 0 Å². The summed E-state index contributed by atoms with van der Waals surface area (Å²) in [6.45, 7) is -0.513. The largest absolute Gasteiger partial charge is 0.456 e. The zero-order valence-corrected chi connectivity index (χ0v) is 17.7. The van der Waals surface area contributed by atoms with Gasteiger partial charge in [0.05, 0.1) is 22.2 Å². The van der Waals surface area contributed by atoms with Crippen molar-refractivity contribution < 1.29 is 19.1 Å². The Hall–Kier alpha value is -2.08. The average Bonchev–Trinajstić information content (AvgIpc) is 3.15. The van der Waals surface area contributed by atoms with Crippen molar-refractivity contribution in [2.24, 2.45) is 0 Å². The van der Waals surface area contributed by atoms with Crippen LogP contribution in [0.4, 0.5) is 5.69 Å². The molecular weight excluding hydrogens is 437 g/mol. The van der Waals surface area contributed by atoms with Crippen molar-refractivity contribution in [2.45, 2.75) is 32.1 Å². The average molecular weight is 455 g/mol. The molecule has 0 heterocycles. The molecule has 8 heteroatoms. The van der Waals surface area contributed by atoms with E-state index in [9.17, 15) is 14.4 Å². The van der Waals surface area contributed by atoms with Crippen LogP contribution in [0.1, 0.15) is 40.7 Å². The number of hydrogen-bond acceptors (Lipinski definition) is 4. The molecule has 0 unspecified atom stereocenters. The number of amides is 1. The molecule has 1 aliphatic carbocycles. The zero-order valence-electron chi connectivity index (χ0n) is 15.4. The summed E-state index contributed by atoms with van der Waals surface area (Å²) in [6.07, 6.45) is 3.05. The maximum Gasteiger partial charge on any atom is 0.306 e. The molecule has 0 aliphatic heterocycles. The Balaban J connectivity index is 1.45. The second kappa shape index (κ2) is 9.61. The van der Waals surface area contributed by atoms with E-state index in [4.69, 9.17) is 39.5 Å². The lowest BCUT2D eigenvalue weighted by Gasteiger charge is -2.10. The summed E-state index contributed by atoms with van der Waals surface area (Å²) >= 11 is 17.8. The van der Waals surface area contributed by atoms with Crippen molar-refractivity contribution in [2.75, 3.05) is 11.9 Å². The first-order valence-electron chi connectivity index (χ1n) is 9.08. The number of hydrogen-bond donors (Lipinski definition) is 1. The fraction of sp³-hybridized carbons (Fsp3) is 0.286. The van der Waals surface area contributed by atoms with Gasteiger partial charge in [-0.3, -0.25) is 14.4 Å². The Labute approximate surface area is 183 Å². The number of halogens is 3. The first kappa shape index (κ1) is 21.6. The quantitative estimate of drug-likeness (QED) is 0.456. The van der Waals surface area contributed by atoms with Crippen molar-refractivity contribution in [3.05, 3.63) is 62.1 Å². The van der Waals surface area contributed by atoms with Gasteiger partial charge in [0, 0.05) is 17.0 Å². The first-order valence-corrected chi connectivity index (χ1v) is 10.2. The Morgan fingerprint density at radius 1 is 0.931 bits per heavy atom. The van der Waals surface area contributed by atoms with E-state index in [1.807, 2.05) is 12.1 Å². The van der Waals surface area contributed by atoms with Gasteiger partial charge >= 0.3 is 5.97 Å². The standard InChI is InChI=1S/C21H18Cl3NO4/c22-15-9-16(23)21(17(24)10-15)25-19(27)11-29-20(28)7-6-18(26)14-5-4-12-2-1-3-13(12)8-14/h4-5,8-10H,1-3,6-7,11H2,(H,25,27). The summed E-state index contributed by atoms with van der Waals surface area (Å²) in [4.78, 5) is 36.1. The number of nitrogens with one attached hydrogen (secondary N) is 1. The minimum absolute atomic E-state index is 0.0219. The van der Waals surface area contributed by atoms with Crippen LogP contribution in [0.15, 0.2) is 30.3 Å². The molecule has 3 rings (SSSR count). The summed E-state index contributed by atoms with van der Waals surface area (Å²) < 4.78 is 4.92. The summed E-state index contributed by atoms with van der Waals surface area (Å²) in [5, 5.41) is 3.14. The number of carbonyl (C=O) groups is 3. The minimum Gasteiger partial charge on any atom is -0.456 e. The van der Waals surface area contributed by atoms with Gasteiger partial charge in [0.25, 0.3) is 5.91 Å². The smallest absolute Gasteiger partial charge is 0.306 e. The predicted molar refractivity (Wildman–Crippen MR) is 113 cm³/mol. The molecule has 0 radical (unpaired) electrons. The van der Waals surface area contributed by atoms with E-state index >= 15 is 0 Å². The minimum atomic E-state index is -0.636. The molecule has 29 heavy (non-hydrogen) atoms. The van der Waals surface area contributed by atoms with Gasteiger partial charge in [-0.25, -0.2) is 0 Å². The van der Waals surface area contributed by atoms with Gasteiger partial charge in [-0.2, -0.15) is 0 Å². The van der Waals surface area contributed by atoms with E-state index in [2.05, 4.69) is 5.32 Å². The van der Waals surface area contributed by atoms with Crippen LogP contribution in [-0.2, 0) is 27.2 Å². The molecule has 1 aliphatic rings. The van der Waals surface area contributed by atoms with Gasteiger partial charge in [-0.1, -0.05) is 46.9 Å². The number of ketones is 1. The number of ether oxygens (including phenoxy) is 1. The van der Waals surface area contributed by atoms with Crippen molar-refractivity contribution in [1.82, 2.24) is 0 Å². The van der Waals surface area contributed by atoms with E-state index < -0.39 is 18.5 Å². The Morgan fingerprint density at radius 2 is 1.62 bits per heavy atom. The molecule has 0 fully saturated rings. The highest BCUT2D eigenvalue weighted by atomic mass is 35.5. The topological polar surface area (TPSA) is 72.5 Å². The van der Waals surface area contributed by atoms with Crippen molar-refractivity contribution in [3.63, 3.8) is 0 Å². The van der Waals surface area contributed by atoms with E-state index in [0.29, 0.717) is 10.6 Å². The molecular formula is C21H18Cl3NO4. The monoisotopic (exact) mass is 453 g/mol. The SMILES string of the molecule is O=C(COC(=O)CCC(=O)c1ccc2c(c1)CCC2)Nc1c(Cl)cc(Cl)cc1Cl. The number of fused-ring (bicyclic) bond motifs is 1. The van der Waals surface area contributed by atoms with Gasteiger partial charge in [-0.05, 0) is 48.6 Å².